The van der Waals surface area contributed by atoms with Crippen molar-refractivity contribution in [3.8, 4) is 0 Å². The number of aromatic nitrogens is 2. The zero-order chi connectivity index (χ0) is 10.0. The highest BCUT2D eigenvalue weighted by Crippen LogP contribution is 2.09. The molecule has 0 atom stereocenters. The van der Waals surface area contributed by atoms with Gasteiger partial charge in [0.05, 0.1) is 12.3 Å². The maximum absolute atomic E-state index is 11.1. The number of aliphatic hydroxyl groups excluding tert-OH is 1. The summed E-state index contributed by atoms with van der Waals surface area (Å²) in [5, 5.41) is 8.82. The third kappa shape index (κ3) is 1.84. The SMILES string of the molecule is C=C(C)n1cc(CO)nc1C(C)=O. The fourth-order valence-electron chi connectivity index (χ4n) is 1.04. The Morgan fingerprint density at radius 3 is 2.62 bits per heavy atom. The van der Waals surface area contributed by atoms with Gasteiger partial charge in [0.2, 0.25) is 0 Å². The van der Waals surface area contributed by atoms with Gasteiger partial charge in [0.25, 0.3) is 0 Å². The lowest BCUT2D eigenvalue weighted by molar-refractivity contribution is 0.100. The molecule has 0 spiro atoms. The maximum atomic E-state index is 11.1. The summed E-state index contributed by atoms with van der Waals surface area (Å²) in [5.74, 6) is 0.180. The van der Waals surface area contributed by atoms with Crippen molar-refractivity contribution in [2.45, 2.75) is 20.5 Å². The van der Waals surface area contributed by atoms with Crippen molar-refractivity contribution in [3.05, 3.63) is 24.3 Å². The lowest BCUT2D eigenvalue weighted by atomic mass is 10.4. The van der Waals surface area contributed by atoms with Crippen LogP contribution in [0.4, 0.5) is 0 Å². The molecule has 0 saturated heterocycles. The van der Waals surface area contributed by atoms with Crippen molar-refractivity contribution in [3.63, 3.8) is 0 Å². The van der Waals surface area contributed by atoms with Crippen LogP contribution in [0.3, 0.4) is 0 Å². The van der Waals surface area contributed by atoms with Gasteiger partial charge in [-0.25, -0.2) is 4.98 Å². The zero-order valence-electron chi connectivity index (χ0n) is 7.74. The van der Waals surface area contributed by atoms with Crippen LogP contribution in [-0.4, -0.2) is 20.4 Å². The molecule has 0 aliphatic carbocycles. The summed E-state index contributed by atoms with van der Waals surface area (Å²) in [5.41, 5.74) is 1.19. The number of carbonyl (C=O) groups excluding carboxylic acids is 1. The van der Waals surface area contributed by atoms with Crippen molar-refractivity contribution in [2.24, 2.45) is 0 Å². The van der Waals surface area contributed by atoms with E-state index in [1.165, 1.54) is 6.92 Å². The van der Waals surface area contributed by atoms with Crippen LogP contribution in [-0.2, 0) is 6.61 Å². The number of rotatable bonds is 3. The van der Waals surface area contributed by atoms with Gasteiger partial charge in [-0.1, -0.05) is 6.58 Å². The number of nitrogens with zero attached hydrogens (tertiary/aromatic N) is 2. The quantitative estimate of drug-likeness (QED) is 0.708. The van der Waals surface area contributed by atoms with Crippen LogP contribution in [0.15, 0.2) is 12.8 Å². The molecular formula is C9H12N2O2. The van der Waals surface area contributed by atoms with E-state index >= 15 is 0 Å². The van der Waals surface area contributed by atoms with Gasteiger partial charge in [0, 0.05) is 18.8 Å². The molecule has 4 heteroatoms. The van der Waals surface area contributed by atoms with E-state index < -0.39 is 0 Å². The number of allylic oxidation sites excluding steroid dienone is 1. The highest BCUT2D eigenvalue weighted by molar-refractivity contribution is 5.91. The van der Waals surface area contributed by atoms with Gasteiger partial charge in [-0.05, 0) is 6.92 Å². The number of aliphatic hydroxyl groups is 1. The van der Waals surface area contributed by atoms with E-state index in [-0.39, 0.29) is 12.4 Å². The molecule has 13 heavy (non-hydrogen) atoms. The average molecular weight is 180 g/mol. The Hall–Kier alpha value is -1.42. The van der Waals surface area contributed by atoms with E-state index in [4.69, 9.17) is 5.11 Å². The van der Waals surface area contributed by atoms with Crippen molar-refractivity contribution >= 4 is 11.5 Å². The molecule has 0 aliphatic rings. The van der Waals surface area contributed by atoms with E-state index in [1.807, 2.05) is 0 Å². The Bertz CT molecular complexity index is 321. The Morgan fingerprint density at radius 2 is 2.31 bits per heavy atom. The molecule has 0 amide bonds. The Morgan fingerprint density at radius 1 is 1.69 bits per heavy atom. The molecule has 0 radical (unpaired) electrons. The average Bonchev–Trinajstić information content (AvgIpc) is 2.47. The standard InChI is InChI=1S/C9H12N2O2/c1-6(2)11-4-8(5-12)10-9(11)7(3)13/h4,12H,1,5H2,2-3H3. The minimum Gasteiger partial charge on any atom is -0.390 e. The molecule has 0 fully saturated rings. The zero-order valence-corrected chi connectivity index (χ0v) is 7.74. The molecule has 0 unspecified atom stereocenters. The minimum atomic E-state index is -0.166. The molecule has 0 saturated carbocycles. The smallest absolute Gasteiger partial charge is 0.195 e. The van der Waals surface area contributed by atoms with Crippen molar-refractivity contribution < 1.29 is 9.90 Å². The first-order chi connectivity index (χ1) is 6.06. The number of hydrogen-bond donors (Lipinski definition) is 1. The van der Waals surface area contributed by atoms with Crippen LogP contribution in [0, 0.1) is 0 Å². The molecule has 0 aliphatic heterocycles. The lowest BCUT2D eigenvalue weighted by Crippen LogP contribution is -2.04. The van der Waals surface area contributed by atoms with Crippen LogP contribution in [0.5, 0.6) is 0 Å². The van der Waals surface area contributed by atoms with Crippen LogP contribution >= 0.6 is 0 Å². The van der Waals surface area contributed by atoms with Crippen LogP contribution in [0.1, 0.15) is 30.2 Å². The molecule has 1 rings (SSSR count). The van der Waals surface area contributed by atoms with Gasteiger partial charge in [-0.3, -0.25) is 4.79 Å². The van der Waals surface area contributed by atoms with Crippen molar-refractivity contribution in [2.75, 3.05) is 0 Å². The molecule has 4 nitrogen and oxygen atoms in total. The molecule has 1 N–H and O–H groups in total. The normalized spacial score (nSPS) is 10.1. The molecular weight excluding hydrogens is 168 g/mol. The van der Waals surface area contributed by atoms with Gasteiger partial charge in [0.1, 0.15) is 0 Å². The number of carbonyl (C=O) groups is 1. The Labute approximate surface area is 76.5 Å². The molecule has 1 aromatic rings. The van der Waals surface area contributed by atoms with Gasteiger partial charge in [-0.15, -0.1) is 0 Å². The predicted molar refractivity (Wildman–Crippen MR) is 49.2 cm³/mol. The fourth-order valence-corrected chi connectivity index (χ4v) is 1.04. The molecule has 1 aromatic heterocycles. The number of Topliss-reactive ketones (excluding diaryl/α,β-unsaturated/α-hetero) is 1. The molecule has 1 heterocycles. The second-order valence-corrected chi connectivity index (χ2v) is 2.88. The fraction of sp³-hybridized carbons (Fsp3) is 0.333. The van der Waals surface area contributed by atoms with Gasteiger partial charge < -0.3 is 9.67 Å². The highest BCUT2D eigenvalue weighted by atomic mass is 16.3. The van der Waals surface area contributed by atoms with Crippen molar-refractivity contribution in [1.29, 1.82) is 0 Å². The van der Waals surface area contributed by atoms with Crippen LogP contribution in [0.25, 0.3) is 5.70 Å². The summed E-state index contributed by atoms with van der Waals surface area (Å²) >= 11 is 0. The maximum Gasteiger partial charge on any atom is 0.195 e. The van der Waals surface area contributed by atoms with E-state index in [9.17, 15) is 4.79 Å². The monoisotopic (exact) mass is 180 g/mol. The van der Waals surface area contributed by atoms with Gasteiger partial charge in [0.15, 0.2) is 11.6 Å². The minimum absolute atomic E-state index is 0.136. The summed E-state index contributed by atoms with van der Waals surface area (Å²) in [6.07, 6.45) is 1.61. The predicted octanol–water partition coefficient (Wildman–Crippen LogP) is 1.07. The first-order valence-electron chi connectivity index (χ1n) is 3.92. The third-order valence-corrected chi connectivity index (χ3v) is 1.64. The second kappa shape index (κ2) is 3.53. The van der Waals surface area contributed by atoms with E-state index in [0.717, 1.165) is 0 Å². The van der Waals surface area contributed by atoms with Crippen molar-refractivity contribution in [1.82, 2.24) is 9.55 Å². The van der Waals surface area contributed by atoms with Crippen LogP contribution in [0.2, 0.25) is 0 Å². The lowest BCUT2D eigenvalue weighted by Gasteiger charge is -2.01. The third-order valence-electron chi connectivity index (χ3n) is 1.64. The van der Waals surface area contributed by atoms with E-state index in [2.05, 4.69) is 11.6 Å². The van der Waals surface area contributed by atoms with E-state index in [0.29, 0.717) is 17.2 Å². The summed E-state index contributed by atoms with van der Waals surface area (Å²) in [6.45, 7) is 6.75. The summed E-state index contributed by atoms with van der Waals surface area (Å²) in [7, 11) is 0. The first-order valence-corrected chi connectivity index (χ1v) is 3.92. The molecule has 0 bridgehead atoms. The van der Waals surface area contributed by atoms with E-state index in [1.54, 1.807) is 17.7 Å². The summed E-state index contributed by atoms with van der Waals surface area (Å²) < 4.78 is 1.58. The Kier molecular flexibility index (Phi) is 2.63. The summed E-state index contributed by atoms with van der Waals surface area (Å²) in [4.78, 5) is 15.0. The van der Waals surface area contributed by atoms with Crippen LogP contribution < -0.4 is 0 Å². The largest absolute Gasteiger partial charge is 0.390 e. The number of hydrogen-bond acceptors (Lipinski definition) is 3. The van der Waals surface area contributed by atoms with Gasteiger partial charge in [-0.2, -0.15) is 0 Å². The summed E-state index contributed by atoms with van der Waals surface area (Å²) in [6, 6.07) is 0. The second-order valence-electron chi connectivity index (χ2n) is 2.88. The number of imidazole rings is 1. The highest BCUT2D eigenvalue weighted by Gasteiger charge is 2.11. The first kappa shape index (κ1) is 9.67. The molecule has 70 valence electrons. The molecule has 0 aromatic carbocycles. The number of ketones is 1. The topological polar surface area (TPSA) is 55.1 Å². The van der Waals surface area contributed by atoms with Gasteiger partial charge >= 0.3 is 0 Å². The Balaban J connectivity index is 3.23.